The topological polar surface area (TPSA) is 135 Å². The number of nitrogens with zero attached hydrogens (tertiary/aromatic N) is 2. The molecule has 1 aromatic heterocycles. The Morgan fingerprint density at radius 3 is 2.55 bits per heavy atom. The van der Waals surface area contributed by atoms with Crippen molar-refractivity contribution < 1.29 is 32.6 Å². The molecule has 1 aliphatic heterocycles. The third-order valence-electron chi connectivity index (χ3n) is 4.43. The maximum Gasteiger partial charge on any atom is 0.508 e. The molecule has 1 atom stereocenters. The molecule has 0 saturated heterocycles. The normalized spacial score (nSPS) is 15.6. The minimum absolute atomic E-state index is 0.0764. The summed E-state index contributed by atoms with van der Waals surface area (Å²) in [5, 5.41) is 11.6. The number of ether oxygens (including phenoxy) is 2. The average Bonchev–Trinajstić information content (AvgIpc) is 2.72. The summed E-state index contributed by atoms with van der Waals surface area (Å²) >= 11 is 0. The van der Waals surface area contributed by atoms with E-state index in [2.05, 4.69) is 10.3 Å². The number of carbonyl (C=O) groups excluding carboxylic acids is 1. The largest absolute Gasteiger partial charge is 0.508 e. The van der Waals surface area contributed by atoms with Gasteiger partial charge in [0.15, 0.2) is 11.5 Å². The Bertz CT molecular complexity index is 1120. The van der Waals surface area contributed by atoms with Crippen molar-refractivity contribution in [1.29, 1.82) is 0 Å². The van der Waals surface area contributed by atoms with Crippen molar-refractivity contribution in [2.24, 2.45) is 0 Å². The van der Waals surface area contributed by atoms with Gasteiger partial charge in [0.05, 0.1) is 4.90 Å². The van der Waals surface area contributed by atoms with E-state index in [-0.39, 0.29) is 34.2 Å². The monoisotopic (exact) mass is 447 g/mol. The molecule has 2 aromatic rings. The van der Waals surface area contributed by atoms with Crippen LogP contribution in [-0.4, -0.2) is 48.2 Å². The molecule has 0 unspecified atom stereocenters. The summed E-state index contributed by atoms with van der Waals surface area (Å²) in [4.78, 5) is 28.1. The Morgan fingerprint density at radius 2 is 1.90 bits per heavy atom. The van der Waals surface area contributed by atoms with Gasteiger partial charge in [-0.3, -0.25) is 9.10 Å². The summed E-state index contributed by atoms with van der Waals surface area (Å²) < 4.78 is 37.4. The van der Waals surface area contributed by atoms with Crippen molar-refractivity contribution in [3.05, 3.63) is 59.9 Å². The number of aromatic nitrogens is 1. The highest BCUT2D eigenvalue weighted by molar-refractivity contribution is 7.89. The van der Waals surface area contributed by atoms with Gasteiger partial charge in [-0.15, -0.1) is 0 Å². The molecule has 1 amide bonds. The highest BCUT2D eigenvalue weighted by Gasteiger charge is 2.40. The van der Waals surface area contributed by atoms with Gasteiger partial charge in [0.25, 0.3) is 15.9 Å². The molecule has 1 aliphatic rings. The van der Waals surface area contributed by atoms with Crippen molar-refractivity contribution in [3.63, 3.8) is 0 Å². The predicted molar refractivity (Wildman–Crippen MR) is 110 cm³/mol. The van der Waals surface area contributed by atoms with E-state index in [0.29, 0.717) is 6.42 Å². The minimum Gasteiger partial charge on any atom is -0.452 e. The summed E-state index contributed by atoms with van der Waals surface area (Å²) in [6.07, 6.45) is -0.600. The number of fused-ring (bicyclic) bond motifs is 1. The number of sulfonamides is 1. The van der Waals surface area contributed by atoms with Crippen molar-refractivity contribution in [3.8, 4) is 0 Å². The van der Waals surface area contributed by atoms with Gasteiger partial charge < -0.3 is 19.9 Å². The number of likely N-dealkylation sites (N-methyl/N-ethyl adjacent to an activating group) is 1. The predicted octanol–water partition coefficient (Wildman–Crippen LogP) is 2.86. The van der Waals surface area contributed by atoms with Crippen molar-refractivity contribution in [2.75, 3.05) is 12.4 Å². The lowest BCUT2D eigenvalue weighted by molar-refractivity contribution is -0.114. The molecule has 0 fully saturated rings. The quantitative estimate of drug-likeness (QED) is 0.489. The van der Waals surface area contributed by atoms with Gasteiger partial charge in [0.1, 0.15) is 5.82 Å². The van der Waals surface area contributed by atoms with Gasteiger partial charge in [-0.1, -0.05) is 25.1 Å². The molecule has 31 heavy (non-hydrogen) atoms. The zero-order valence-electron chi connectivity index (χ0n) is 16.8. The zero-order valence-corrected chi connectivity index (χ0v) is 17.6. The van der Waals surface area contributed by atoms with Crippen LogP contribution in [0.2, 0.25) is 0 Å². The summed E-state index contributed by atoms with van der Waals surface area (Å²) in [5.74, 6) is -0.697. The second-order valence-electron chi connectivity index (χ2n) is 6.54. The van der Waals surface area contributed by atoms with E-state index in [4.69, 9.17) is 14.6 Å². The van der Waals surface area contributed by atoms with Gasteiger partial charge in [0, 0.05) is 25.2 Å². The standard InChI is InChI=1S/C20H21N3O7S/c1-3-8-16(30-20(25)26)29-18-13-9-4-5-10-14(13)31(27,28)23(2)17(18)19(24)22-15-11-6-7-12-21-15/h4-7,9-12,16H,3,8H2,1-2H3,(H,25,26)(H,21,22,24)/t16-/m0/s1. The number of carboxylic acid groups (broad SMARTS) is 1. The minimum atomic E-state index is -4.05. The van der Waals surface area contributed by atoms with Gasteiger partial charge in [0.2, 0.25) is 6.29 Å². The van der Waals surface area contributed by atoms with Gasteiger partial charge >= 0.3 is 6.16 Å². The van der Waals surface area contributed by atoms with E-state index in [1.807, 2.05) is 0 Å². The number of benzene rings is 1. The Morgan fingerprint density at radius 1 is 1.19 bits per heavy atom. The number of hydrogen-bond donors (Lipinski definition) is 2. The van der Waals surface area contributed by atoms with Crippen LogP contribution in [0.3, 0.4) is 0 Å². The molecule has 0 spiro atoms. The maximum absolute atomic E-state index is 13.1. The van der Waals surface area contributed by atoms with Crippen LogP contribution in [0, 0.1) is 0 Å². The van der Waals surface area contributed by atoms with Crippen molar-refractivity contribution in [2.45, 2.75) is 31.0 Å². The Kier molecular flexibility index (Phi) is 6.44. The van der Waals surface area contributed by atoms with Gasteiger partial charge in [-0.2, -0.15) is 0 Å². The zero-order chi connectivity index (χ0) is 22.6. The van der Waals surface area contributed by atoms with Crippen LogP contribution in [0.1, 0.15) is 25.3 Å². The maximum atomic E-state index is 13.1. The molecule has 0 bridgehead atoms. The summed E-state index contributed by atoms with van der Waals surface area (Å²) in [6, 6.07) is 10.8. The second-order valence-corrected chi connectivity index (χ2v) is 8.47. The molecule has 1 aromatic carbocycles. The van der Waals surface area contributed by atoms with E-state index in [1.165, 1.54) is 37.5 Å². The van der Waals surface area contributed by atoms with Gasteiger partial charge in [-0.25, -0.2) is 18.2 Å². The van der Waals surface area contributed by atoms with E-state index in [1.54, 1.807) is 25.1 Å². The van der Waals surface area contributed by atoms with E-state index >= 15 is 0 Å². The van der Waals surface area contributed by atoms with E-state index in [0.717, 1.165) is 4.31 Å². The van der Waals surface area contributed by atoms with Crippen molar-refractivity contribution >= 4 is 33.7 Å². The molecule has 164 valence electrons. The number of amides is 1. The summed E-state index contributed by atoms with van der Waals surface area (Å²) in [7, 11) is -2.84. The van der Waals surface area contributed by atoms with Crippen LogP contribution < -0.4 is 5.32 Å². The lowest BCUT2D eigenvalue weighted by Crippen LogP contribution is -2.38. The number of anilines is 1. The molecule has 2 N–H and O–H groups in total. The number of rotatable bonds is 7. The molecule has 0 radical (unpaired) electrons. The fraction of sp³-hybridized carbons (Fsp3) is 0.250. The first kappa shape index (κ1) is 22.1. The Balaban J connectivity index is 2.14. The molecule has 3 rings (SSSR count). The second kappa shape index (κ2) is 9.04. The first-order valence-corrected chi connectivity index (χ1v) is 10.8. The fourth-order valence-electron chi connectivity index (χ4n) is 3.02. The third-order valence-corrected chi connectivity index (χ3v) is 6.24. The number of nitrogens with one attached hydrogen (secondary N) is 1. The molecular weight excluding hydrogens is 426 g/mol. The average molecular weight is 447 g/mol. The Labute approximate surface area is 179 Å². The first-order valence-electron chi connectivity index (χ1n) is 9.37. The summed E-state index contributed by atoms with van der Waals surface area (Å²) in [6.45, 7) is 1.80. The smallest absolute Gasteiger partial charge is 0.452 e. The molecule has 2 heterocycles. The van der Waals surface area contributed by atoms with Crippen LogP contribution in [0.5, 0.6) is 0 Å². The van der Waals surface area contributed by atoms with Crippen LogP contribution >= 0.6 is 0 Å². The van der Waals surface area contributed by atoms with Crippen molar-refractivity contribution in [1.82, 2.24) is 9.29 Å². The molecule has 0 saturated carbocycles. The van der Waals surface area contributed by atoms with E-state index < -0.39 is 28.4 Å². The van der Waals surface area contributed by atoms with Crippen LogP contribution in [0.25, 0.3) is 5.76 Å². The van der Waals surface area contributed by atoms with Crippen LogP contribution in [0.15, 0.2) is 59.3 Å². The molecule has 10 nitrogen and oxygen atoms in total. The number of carbonyl (C=O) groups is 2. The summed E-state index contributed by atoms with van der Waals surface area (Å²) in [5.41, 5.74) is -0.193. The Hall–Kier alpha value is -3.60. The molecule has 0 aliphatic carbocycles. The van der Waals surface area contributed by atoms with Crippen LogP contribution in [-0.2, 0) is 24.3 Å². The lowest BCUT2D eigenvalue weighted by Gasteiger charge is -2.31. The highest BCUT2D eigenvalue weighted by atomic mass is 32.2. The number of hydrogen-bond acceptors (Lipinski definition) is 7. The van der Waals surface area contributed by atoms with E-state index in [9.17, 15) is 18.0 Å². The number of pyridine rings is 1. The first-order chi connectivity index (χ1) is 14.8. The van der Waals surface area contributed by atoms with Gasteiger partial charge in [-0.05, 0) is 30.7 Å². The third kappa shape index (κ3) is 4.61. The fourth-order valence-corrected chi connectivity index (χ4v) is 4.41. The van der Waals surface area contributed by atoms with Crippen LogP contribution in [0.4, 0.5) is 10.6 Å². The lowest BCUT2D eigenvalue weighted by atomic mass is 10.1. The molecule has 11 heteroatoms. The highest BCUT2D eigenvalue weighted by Crippen LogP contribution is 2.38. The molecular formula is C20H21N3O7S. The SMILES string of the molecule is CCC[C@H](OC(=O)O)OC1=C(C(=O)Nc2ccccn2)N(C)S(=O)(=O)c2ccccc21.